The second kappa shape index (κ2) is 4.25. The van der Waals surface area contributed by atoms with Crippen LogP contribution in [0.4, 0.5) is 0 Å². The summed E-state index contributed by atoms with van der Waals surface area (Å²) in [6.45, 7) is 7.88. The molecule has 0 aliphatic carbocycles. The van der Waals surface area contributed by atoms with E-state index in [1.165, 1.54) is 6.07 Å². The fourth-order valence-corrected chi connectivity index (χ4v) is 1.90. The first-order chi connectivity index (χ1) is 8.64. The summed E-state index contributed by atoms with van der Waals surface area (Å²) < 4.78 is 11.8. The molecule has 19 heavy (non-hydrogen) atoms. The molecule has 5 nitrogen and oxygen atoms in total. The van der Waals surface area contributed by atoms with Gasteiger partial charge in [0.15, 0.2) is 0 Å². The zero-order chi connectivity index (χ0) is 14.4. The zero-order valence-corrected chi connectivity index (χ0v) is 11.7. The Kier molecular flexibility index (Phi) is 3.11. The van der Waals surface area contributed by atoms with Crippen molar-refractivity contribution in [1.29, 1.82) is 5.41 Å². The summed E-state index contributed by atoms with van der Waals surface area (Å²) in [5.74, 6) is -0.210. The Bertz CT molecular complexity index is 513. The Hall–Kier alpha value is -1.53. The van der Waals surface area contributed by atoms with E-state index in [2.05, 4.69) is 0 Å². The number of benzene rings is 1. The number of rotatable bonds is 2. The molecule has 1 saturated heterocycles. The van der Waals surface area contributed by atoms with Crippen molar-refractivity contribution in [3.8, 4) is 5.75 Å². The van der Waals surface area contributed by atoms with Crippen molar-refractivity contribution in [2.75, 3.05) is 0 Å². The molecular weight excluding hydrogens is 243 g/mol. The SMILES string of the molecule is CC1(C)OB(c2ccc(C(=N)N)c(O)c2)OC1(C)C. The lowest BCUT2D eigenvalue weighted by molar-refractivity contribution is 0.00578. The van der Waals surface area contributed by atoms with E-state index in [9.17, 15) is 5.11 Å². The summed E-state index contributed by atoms with van der Waals surface area (Å²) >= 11 is 0. The average Bonchev–Trinajstić information content (AvgIpc) is 2.47. The molecule has 1 fully saturated rings. The van der Waals surface area contributed by atoms with Gasteiger partial charge < -0.3 is 20.1 Å². The fraction of sp³-hybridized carbons (Fsp3) is 0.462. The van der Waals surface area contributed by atoms with Crippen LogP contribution in [0.3, 0.4) is 0 Å². The van der Waals surface area contributed by atoms with Crippen molar-refractivity contribution in [2.45, 2.75) is 38.9 Å². The molecule has 1 aromatic carbocycles. The standard InChI is InChI=1S/C13H19BN2O3/c1-12(2)13(3,4)19-14(18-12)8-5-6-9(11(15)16)10(17)7-8/h5-7,17H,1-4H3,(H3,15,16). The van der Waals surface area contributed by atoms with E-state index in [4.69, 9.17) is 20.5 Å². The van der Waals surface area contributed by atoms with E-state index in [1.54, 1.807) is 12.1 Å². The first-order valence-electron chi connectivity index (χ1n) is 6.17. The van der Waals surface area contributed by atoms with Crippen molar-refractivity contribution in [3.63, 3.8) is 0 Å². The average molecular weight is 262 g/mol. The molecular formula is C13H19BN2O3. The van der Waals surface area contributed by atoms with Gasteiger partial charge in [0, 0.05) is 0 Å². The van der Waals surface area contributed by atoms with E-state index < -0.39 is 18.3 Å². The van der Waals surface area contributed by atoms with Crippen LogP contribution in [0.15, 0.2) is 18.2 Å². The molecule has 0 saturated carbocycles. The lowest BCUT2D eigenvalue weighted by Gasteiger charge is -2.32. The highest BCUT2D eigenvalue weighted by atomic mass is 16.7. The highest BCUT2D eigenvalue weighted by Crippen LogP contribution is 2.36. The second-order valence-corrected chi connectivity index (χ2v) is 5.78. The van der Waals surface area contributed by atoms with Gasteiger partial charge in [-0.3, -0.25) is 5.41 Å². The molecule has 102 valence electrons. The van der Waals surface area contributed by atoms with Gasteiger partial charge in [-0.15, -0.1) is 0 Å². The molecule has 0 bridgehead atoms. The van der Waals surface area contributed by atoms with Gasteiger partial charge >= 0.3 is 7.12 Å². The van der Waals surface area contributed by atoms with Gasteiger partial charge in [0.25, 0.3) is 0 Å². The van der Waals surface area contributed by atoms with Crippen molar-refractivity contribution >= 4 is 18.4 Å². The van der Waals surface area contributed by atoms with Gasteiger partial charge in [-0.1, -0.05) is 6.07 Å². The first-order valence-corrected chi connectivity index (χ1v) is 6.17. The maximum Gasteiger partial charge on any atom is 0.494 e. The lowest BCUT2D eigenvalue weighted by Crippen LogP contribution is -2.41. The molecule has 0 unspecified atom stereocenters. The van der Waals surface area contributed by atoms with Gasteiger partial charge in [-0.2, -0.15) is 0 Å². The monoisotopic (exact) mass is 262 g/mol. The third kappa shape index (κ3) is 2.33. The maximum absolute atomic E-state index is 9.85. The number of nitrogens with two attached hydrogens (primary N) is 1. The number of phenolic OH excluding ortho intramolecular Hbond substituents is 1. The number of aromatic hydroxyl groups is 1. The van der Waals surface area contributed by atoms with Crippen molar-refractivity contribution < 1.29 is 14.4 Å². The molecule has 1 aromatic rings. The predicted molar refractivity (Wildman–Crippen MR) is 74.8 cm³/mol. The molecule has 4 N–H and O–H groups in total. The molecule has 0 amide bonds. The largest absolute Gasteiger partial charge is 0.507 e. The molecule has 1 aliphatic rings. The highest BCUT2D eigenvalue weighted by molar-refractivity contribution is 6.62. The Morgan fingerprint density at radius 3 is 2.16 bits per heavy atom. The van der Waals surface area contributed by atoms with E-state index in [1.807, 2.05) is 27.7 Å². The number of hydrogen-bond donors (Lipinski definition) is 3. The van der Waals surface area contributed by atoms with Crippen LogP contribution in [0.25, 0.3) is 0 Å². The number of nitrogens with one attached hydrogen (secondary N) is 1. The zero-order valence-electron chi connectivity index (χ0n) is 11.7. The Morgan fingerprint density at radius 2 is 1.74 bits per heavy atom. The van der Waals surface area contributed by atoms with Crippen LogP contribution < -0.4 is 11.2 Å². The Labute approximate surface area is 113 Å². The summed E-state index contributed by atoms with van der Waals surface area (Å²) in [7, 11) is -0.531. The summed E-state index contributed by atoms with van der Waals surface area (Å²) in [5.41, 5.74) is 5.53. The minimum atomic E-state index is -0.531. The summed E-state index contributed by atoms with van der Waals surface area (Å²) in [6, 6.07) is 4.87. The number of phenols is 1. The number of amidine groups is 1. The quantitative estimate of drug-likeness (QED) is 0.421. The minimum absolute atomic E-state index is 0.0419. The molecule has 0 aromatic heterocycles. The Morgan fingerprint density at radius 1 is 1.21 bits per heavy atom. The molecule has 2 rings (SSSR count). The van der Waals surface area contributed by atoms with Crippen molar-refractivity contribution in [1.82, 2.24) is 0 Å². The minimum Gasteiger partial charge on any atom is -0.507 e. The van der Waals surface area contributed by atoms with Crippen LogP contribution in [0.5, 0.6) is 5.75 Å². The van der Waals surface area contributed by atoms with Crippen LogP contribution in [-0.2, 0) is 9.31 Å². The smallest absolute Gasteiger partial charge is 0.494 e. The molecule has 0 radical (unpaired) electrons. The van der Waals surface area contributed by atoms with Crippen LogP contribution in [-0.4, -0.2) is 29.3 Å². The lowest BCUT2D eigenvalue weighted by atomic mass is 9.78. The molecule has 6 heteroatoms. The van der Waals surface area contributed by atoms with Crippen LogP contribution in [0, 0.1) is 5.41 Å². The van der Waals surface area contributed by atoms with Gasteiger partial charge in [0.05, 0.1) is 16.8 Å². The van der Waals surface area contributed by atoms with Gasteiger partial charge in [0.2, 0.25) is 0 Å². The summed E-state index contributed by atoms with van der Waals surface area (Å²) in [4.78, 5) is 0. The Balaban J connectivity index is 2.31. The van der Waals surface area contributed by atoms with E-state index in [0.29, 0.717) is 11.0 Å². The molecule has 0 atom stereocenters. The third-order valence-corrected chi connectivity index (χ3v) is 3.84. The first kappa shape index (κ1) is 13.9. The van der Waals surface area contributed by atoms with E-state index in [-0.39, 0.29) is 11.6 Å². The van der Waals surface area contributed by atoms with Crippen LogP contribution >= 0.6 is 0 Å². The summed E-state index contributed by atoms with van der Waals surface area (Å²) in [6.07, 6.45) is 0. The number of hydrogen-bond acceptors (Lipinski definition) is 4. The van der Waals surface area contributed by atoms with Crippen LogP contribution in [0.2, 0.25) is 0 Å². The fourth-order valence-electron chi connectivity index (χ4n) is 1.90. The molecule has 1 heterocycles. The summed E-state index contributed by atoms with van der Waals surface area (Å²) in [5, 5.41) is 17.2. The number of nitrogen functional groups attached to an aromatic ring is 1. The van der Waals surface area contributed by atoms with Crippen molar-refractivity contribution in [2.24, 2.45) is 5.73 Å². The van der Waals surface area contributed by atoms with Gasteiger partial charge in [-0.25, -0.2) is 0 Å². The van der Waals surface area contributed by atoms with Crippen molar-refractivity contribution in [3.05, 3.63) is 23.8 Å². The molecule has 0 spiro atoms. The third-order valence-electron chi connectivity index (χ3n) is 3.84. The topological polar surface area (TPSA) is 88.6 Å². The normalized spacial score (nSPS) is 20.5. The maximum atomic E-state index is 9.85. The van der Waals surface area contributed by atoms with E-state index in [0.717, 1.165) is 0 Å². The molecule has 1 aliphatic heterocycles. The predicted octanol–water partition coefficient (Wildman–Crippen LogP) is 0.975. The van der Waals surface area contributed by atoms with Crippen LogP contribution in [0.1, 0.15) is 33.3 Å². The van der Waals surface area contributed by atoms with Gasteiger partial charge in [-0.05, 0) is 45.3 Å². The second-order valence-electron chi connectivity index (χ2n) is 5.78. The van der Waals surface area contributed by atoms with Gasteiger partial charge in [0.1, 0.15) is 11.6 Å². The highest BCUT2D eigenvalue weighted by Gasteiger charge is 2.51. The van der Waals surface area contributed by atoms with E-state index >= 15 is 0 Å².